The van der Waals surface area contributed by atoms with Crippen molar-refractivity contribution in [2.24, 2.45) is 0 Å². The highest BCUT2D eigenvalue weighted by Crippen LogP contribution is 2.28. The Morgan fingerprint density at radius 3 is 2.23 bits per heavy atom. The van der Waals surface area contributed by atoms with Gasteiger partial charge in [0.2, 0.25) is 0 Å². The molecule has 0 atom stereocenters. The second kappa shape index (κ2) is 11.6. The van der Waals surface area contributed by atoms with Crippen LogP contribution < -0.4 is 9.47 Å². The van der Waals surface area contributed by atoms with Crippen molar-refractivity contribution in [1.29, 1.82) is 0 Å². The standard InChI is InChI=1S/C19H24N2O4.C2H2O4/c1-3-24-18-13-15(6-7-16(18)23-2)14-20-8-10-21(11-9-20)19(22)17-5-4-12-25-17;3-1(4)2(5)6/h4-7,12-13H,3,8-11,14H2,1-2H3;(H,3,4)(H,5,6). The minimum absolute atomic E-state index is 0.0345. The highest BCUT2D eigenvalue weighted by molar-refractivity contribution is 6.27. The van der Waals surface area contributed by atoms with Gasteiger partial charge in [-0.3, -0.25) is 9.69 Å². The smallest absolute Gasteiger partial charge is 0.414 e. The molecule has 0 spiro atoms. The van der Waals surface area contributed by atoms with Crippen LogP contribution in [0, 0.1) is 0 Å². The zero-order valence-electron chi connectivity index (χ0n) is 17.4. The van der Waals surface area contributed by atoms with Crippen LogP contribution in [-0.4, -0.2) is 77.8 Å². The number of ether oxygens (including phenoxy) is 2. The van der Waals surface area contributed by atoms with Gasteiger partial charge in [-0.1, -0.05) is 6.07 Å². The maximum atomic E-state index is 12.3. The van der Waals surface area contributed by atoms with Crippen LogP contribution in [0.4, 0.5) is 0 Å². The summed E-state index contributed by atoms with van der Waals surface area (Å²) in [7, 11) is 1.65. The number of amides is 1. The molecule has 1 aliphatic rings. The van der Waals surface area contributed by atoms with Crippen LogP contribution in [0.15, 0.2) is 41.0 Å². The fourth-order valence-corrected chi connectivity index (χ4v) is 3.01. The van der Waals surface area contributed by atoms with Crippen LogP contribution in [-0.2, 0) is 16.1 Å². The monoisotopic (exact) mass is 434 g/mol. The molecule has 0 bridgehead atoms. The van der Waals surface area contributed by atoms with E-state index in [0.29, 0.717) is 25.5 Å². The van der Waals surface area contributed by atoms with Gasteiger partial charge < -0.3 is 29.0 Å². The van der Waals surface area contributed by atoms with Crippen LogP contribution in [0.5, 0.6) is 11.5 Å². The molecule has 168 valence electrons. The molecule has 2 heterocycles. The molecule has 10 nitrogen and oxygen atoms in total. The first-order chi connectivity index (χ1) is 14.8. The minimum atomic E-state index is -1.82. The van der Waals surface area contributed by atoms with Crippen molar-refractivity contribution in [3.05, 3.63) is 47.9 Å². The molecule has 2 N–H and O–H groups in total. The molecule has 1 aliphatic heterocycles. The number of methoxy groups -OCH3 is 1. The summed E-state index contributed by atoms with van der Waals surface area (Å²) in [5.41, 5.74) is 1.18. The largest absolute Gasteiger partial charge is 0.493 e. The van der Waals surface area contributed by atoms with Gasteiger partial charge in [0.15, 0.2) is 17.3 Å². The predicted octanol–water partition coefficient (Wildman–Crippen LogP) is 1.80. The van der Waals surface area contributed by atoms with Crippen molar-refractivity contribution in [2.45, 2.75) is 13.5 Å². The number of benzene rings is 1. The predicted molar refractivity (Wildman–Crippen MR) is 109 cm³/mol. The lowest BCUT2D eigenvalue weighted by Gasteiger charge is -2.34. The maximum absolute atomic E-state index is 12.3. The lowest BCUT2D eigenvalue weighted by atomic mass is 10.1. The average molecular weight is 434 g/mol. The number of carbonyl (C=O) groups excluding carboxylic acids is 1. The second-order valence-corrected chi connectivity index (χ2v) is 6.57. The zero-order chi connectivity index (χ0) is 22.8. The summed E-state index contributed by atoms with van der Waals surface area (Å²) in [4.78, 5) is 34.7. The number of aliphatic carboxylic acids is 2. The summed E-state index contributed by atoms with van der Waals surface area (Å²) in [5.74, 6) is -1.75. The van der Waals surface area contributed by atoms with Gasteiger partial charge in [-0.2, -0.15) is 0 Å². The van der Waals surface area contributed by atoms with E-state index in [2.05, 4.69) is 11.0 Å². The zero-order valence-corrected chi connectivity index (χ0v) is 17.4. The molecule has 1 amide bonds. The van der Waals surface area contributed by atoms with Gasteiger partial charge in [-0.05, 0) is 36.8 Å². The summed E-state index contributed by atoms with van der Waals surface area (Å²) < 4.78 is 16.2. The summed E-state index contributed by atoms with van der Waals surface area (Å²) >= 11 is 0. The molecule has 1 fully saturated rings. The topological polar surface area (TPSA) is 130 Å². The number of hydrogen-bond donors (Lipinski definition) is 2. The third-order valence-corrected chi connectivity index (χ3v) is 4.51. The fourth-order valence-electron chi connectivity index (χ4n) is 3.01. The van der Waals surface area contributed by atoms with E-state index in [1.54, 1.807) is 19.2 Å². The van der Waals surface area contributed by atoms with E-state index < -0.39 is 11.9 Å². The van der Waals surface area contributed by atoms with Crippen molar-refractivity contribution in [3.8, 4) is 11.5 Å². The van der Waals surface area contributed by atoms with E-state index >= 15 is 0 Å². The molecule has 3 rings (SSSR count). The van der Waals surface area contributed by atoms with Crippen molar-refractivity contribution in [2.75, 3.05) is 39.9 Å². The quantitative estimate of drug-likeness (QED) is 0.654. The highest BCUT2D eigenvalue weighted by atomic mass is 16.5. The molecule has 1 saturated heterocycles. The Kier molecular flexibility index (Phi) is 8.89. The van der Waals surface area contributed by atoms with E-state index in [1.807, 2.05) is 24.0 Å². The number of carbonyl (C=O) groups is 3. The Morgan fingerprint density at radius 1 is 1.03 bits per heavy atom. The molecular weight excluding hydrogens is 408 g/mol. The van der Waals surface area contributed by atoms with E-state index in [1.165, 1.54) is 11.8 Å². The van der Waals surface area contributed by atoms with Crippen molar-refractivity contribution in [3.63, 3.8) is 0 Å². The minimum Gasteiger partial charge on any atom is -0.493 e. The molecule has 0 radical (unpaired) electrons. The number of piperazine rings is 1. The Hall–Kier alpha value is -3.53. The number of furan rings is 1. The van der Waals surface area contributed by atoms with Crippen LogP contribution in [0.2, 0.25) is 0 Å². The van der Waals surface area contributed by atoms with E-state index in [4.69, 9.17) is 33.7 Å². The normalized spacial score (nSPS) is 13.7. The van der Waals surface area contributed by atoms with Crippen LogP contribution >= 0.6 is 0 Å². The molecule has 2 aromatic rings. The van der Waals surface area contributed by atoms with E-state index in [9.17, 15) is 4.79 Å². The molecule has 31 heavy (non-hydrogen) atoms. The molecular formula is C21H26N2O8. The second-order valence-electron chi connectivity index (χ2n) is 6.57. The van der Waals surface area contributed by atoms with Gasteiger partial charge in [-0.15, -0.1) is 0 Å². The van der Waals surface area contributed by atoms with Gasteiger partial charge in [0.1, 0.15) is 0 Å². The van der Waals surface area contributed by atoms with Crippen molar-refractivity contribution in [1.82, 2.24) is 9.80 Å². The van der Waals surface area contributed by atoms with Crippen LogP contribution in [0.3, 0.4) is 0 Å². The molecule has 10 heteroatoms. The Labute approximate surface area is 179 Å². The third-order valence-electron chi connectivity index (χ3n) is 4.51. The number of rotatable bonds is 6. The molecule has 0 saturated carbocycles. The fraction of sp³-hybridized carbons (Fsp3) is 0.381. The number of hydrogen-bond acceptors (Lipinski definition) is 7. The molecule has 0 unspecified atom stereocenters. The van der Waals surface area contributed by atoms with E-state index in [0.717, 1.165) is 31.1 Å². The van der Waals surface area contributed by atoms with Gasteiger partial charge >= 0.3 is 11.9 Å². The Bertz CT molecular complexity index is 862. The number of carboxylic acid groups (broad SMARTS) is 2. The summed E-state index contributed by atoms with van der Waals surface area (Å²) in [6.07, 6.45) is 1.53. The van der Waals surface area contributed by atoms with Gasteiger partial charge in [0.25, 0.3) is 5.91 Å². The number of nitrogens with zero attached hydrogens (tertiary/aromatic N) is 2. The summed E-state index contributed by atoms with van der Waals surface area (Å²) in [6, 6.07) is 9.48. The van der Waals surface area contributed by atoms with Gasteiger partial charge in [0, 0.05) is 32.7 Å². The number of carboxylic acids is 2. The first-order valence-electron chi connectivity index (χ1n) is 9.66. The van der Waals surface area contributed by atoms with Crippen LogP contribution in [0.1, 0.15) is 23.0 Å². The Morgan fingerprint density at radius 2 is 1.71 bits per heavy atom. The third kappa shape index (κ3) is 7.03. The summed E-state index contributed by atoms with van der Waals surface area (Å²) in [5, 5.41) is 14.8. The average Bonchev–Trinajstić information content (AvgIpc) is 3.30. The lowest BCUT2D eigenvalue weighted by molar-refractivity contribution is -0.159. The first kappa shape index (κ1) is 23.7. The van der Waals surface area contributed by atoms with Gasteiger partial charge in [-0.25, -0.2) is 9.59 Å². The molecule has 1 aromatic carbocycles. The van der Waals surface area contributed by atoms with Crippen molar-refractivity contribution >= 4 is 17.8 Å². The first-order valence-corrected chi connectivity index (χ1v) is 9.66. The summed E-state index contributed by atoms with van der Waals surface area (Å²) in [6.45, 7) is 6.47. The van der Waals surface area contributed by atoms with Gasteiger partial charge in [0.05, 0.1) is 20.0 Å². The SMILES string of the molecule is CCOc1cc(CN2CCN(C(=O)c3ccco3)CC2)ccc1OC.O=C(O)C(=O)O. The Balaban J connectivity index is 0.000000501. The highest BCUT2D eigenvalue weighted by Gasteiger charge is 2.23. The van der Waals surface area contributed by atoms with Crippen LogP contribution in [0.25, 0.3) is 0 Å². The van der Waals surface area contributed by atoms with E-state index in [-0.39, 0.29) is 5.91 Å². The molecule has 1 aromatic heterocycles. The molecule has 0 aliphatic carbocycles. The maximum Gasteiger partial charge on any atom is 0.414 e. The lowest BCUT2D eigenvalue weighted by Crippen LogP contribution is -2.48. The van der Waals surface area contributed by atoms with Crippen molar-refractivity contribution < 1.29 is 38.5 Å².